The van der Waals surface area contributed by atoms with E-state index in [9.17, 15) is 0 Å². The SMILES string of the molecule is CCc1csc(-n2ccnc2-c2ccc(N)cc2)n1. The number of imidazole rings is 1. The van der Waals surface area contributed by atoms with Crippen LogP contribution in [-0.2, 0) is 6.42 Å². The highest BCUT2D eigenvalue weighted by Gasteiger charge is 2.10. The number of aryl methyl sites for hydroxylation is 1. The lowest BCUT2D eigenvalue weighted by molar-refractivity contribution is 0.989. The first-order valence-electron chi connectivity index (χ1n) is 6.12. The van der Waals surface area contributed by atoms with Gasteiger partial charge in [0.15, 0.2) is 5.13 Å². The Morgan fingerprint density at radius 1 is 1.26 bits per heavy atom. The fourth-order valence-electron chi connectivity index (χ4n) is 1.87. The van der Waals surface area contributed by atoms with Gasteiger partial charge in [-0.15, -0.1) is 11.3 Å². The molecule has 0 aliphatic carbocycles. The molecule has 0 spiro atoms. The first kappa shape index (κ1) is 11.9. The Bertz CT molecular complexity index is 682. The molecule has 5 heteroatoms. The smallest absolute Gasteiger partial charge is 0.195 e. The maximum atomic E-state index is 5.71. The lowest BCUT2D eigenvalue weighted by atomic mass is 10.2. The van der Waals surface area contributed by atoms with Crippen LogP contribution in [0.15, 0.2) is 42.0 Å². The molecule has 2 N–H and O–H groups in total. The van der Waals surface area contributed by atoms with Gasteiger partial charge in [-0.25, -0.2) is 9.97 Å². The molecule has 0 saturated carbocycles. The van der Waals surface area contributed by atoms with Gasteiger partial charge in [-0.1, -0.05) is 6.92 Å². The summed E-state index contributed by atoms with van der Waals surface area (Å²) in [5.41, 5.74) is 8.61. The van der Waals surface area contributed by atoms with E-state index < -0.39 is 0 Å². The molecule has 4 nitrogen and oxygen atoms in total. The highest BCUT2D eigenvalue weighted by Crippen LogP contribution is 2.24. The van der Waals surface area contributed by atoms with E-state index >= 15 is 0 Å². The summed E-state index contributed by atoms with van der Waals surface area (Å²) in [5.74, 6) is 0.886. The van der Waals surface area contributed by atoms with Crippen LogP contribution in [0, 0.1) is 0 Å². The first-order valence-corrected chi connectivity index (χ1v) is 7.00. The monoisotopic (exact) mass is 270 g/mol. The van der Waals surface area contributed by atoms with E-state index in [4.69, 9.17) is 5.73 Å². The fraction of sp³-hybridized carbons (Fsp3) is 0.143. The number of nitrogens with zero attached hydrogens (tertiary/aromatic N) is 3. The summed E-state index contributed by atoms with van der Waals surface area (Å²) in [7, 11) is 0. The third-order valence-electron chi connectivity index (χ3n) is 2.92. The molecule has 0 atom stereocenters. The molecule has 0 unspecified atom stereocenters. The molecular weight excluding hydrogens is 256 g/mol. The second kappa shape index (κ2) is 4.85. The Hall–Kier alpha value is -2.14. The van der Waals surface area contributed by atoms with Crippen LogP contribution < -0.4 is 5.73 Å². The normalized spacial score (nSPS) is 10.8. The molecule has 3 rings (SSSR count). The van der Waals surface area contributed by atoms with Gasteiger partial charge in [0.25, 0.3) is 0 Å². The molecule has 0 bridgehead atoms. The number of hydrogen-bond acceptors (Lipinski definition) is 4. The van der Waals surface area contributed by atoms with Crippen LogP contribution in [-0.4, -0.2) is 14.5 Å². The molecule has 2 aromatic heterocycles. The number of rotatable bonds is 3. The molecule has 0 fully saturated rings. The van der Waals surface area contributed by atoms with Gasteiger partial charge in [0.2, 0.25) is 0 Å². The van der Waals surface area contributed by atoms with E-state index in [0.717, 1.165) is 34.3 Å². The number of thiazole rings is 1. The summed E-state index contributed by atoms with van der Waals surface area (Å²) < 4.78 is 2.01. The number of nitrogens with two attached hydrogens (primary N) is 1. The summed E-state index contributed by atoms with van der Waals surface area (Å²) in [6, 6.07) is 7.71. The Kier molecular flexibility index (Phi) is 3.05. The largest absolute Gasteiger partial charge is 0.399 e. The summed E-state index contributed by atoms with van der Waals surface area (Å²) in [6.07, 6.45) is 4.67. The van der Waals surface area contributed by atoms with Gasteiger partial charge in [-0.05, 0) is 30.7 Å². The zero-order valence-electron chi connectivity index (χ0n) is 10.6. The van der Waals surface area contributed by atoms with Crippen molar-refractivity contribution in [2.45, 2.75) is 13.3 Å². The van der Waals surface area contributed by atoms with Gasteiger partial charge in [-0.2, -0.15) is 0 Å². The summed E-state index contributed by atoms with van der Waals surface area (Å²) in [6.45, 7) is 2.10. The summed E-state index contributed by atoms with van der Waals surface area (Å²) in [4.78, 5) is 9.01. The summed E-state index contributed by atoms with van der Waals surface area (Å²) >= 11 is 1.63. The van der Waals surface area contributed by atoms with Gasteiger partial charge in [-0.3, -0.25) is 4.57 Å². The predicted octanol–water partition coefficient (Wildman–Crippen LogP) is 3.14. The standard InChI is InChI=1S/C14H14N4S/c1-2-12-9-19-14(17-12)18-8-7-16-13(18)10-3-5-11(15)6-4-10/h3-9H,2,15H2,1H3. The van der Waals surface area contributed by atoms with Crippen molar-refractivity contribution >= 4 is 17.0 Å². The van der Waals surface area contributed by atoms with Crippen molar-refractivity contribution in [3.05, 3.63) is 47.7 Å². The third-order valence-corrected chi connectivity index (χ3v) is 3.81. The zero-order valence-corrected chi connectivity index (χ0v) is 11.4. The van der Waals surface area contributed by atoms with E-state index in [2.05, 4.69) is 22.3 Å². The van der Waals surface area contributed by atoms with Crippen LogP contribution in [0.4, 0.5) is 5.69 Å². The van der Waals surface area contributed by atoms with Crippen molar-refractivity contribution in [1.82, 2.24) is 14.5 Å². The van der Waals surface area contributed by atoms with E-state index in [-0.39, 0.29) is 0 Å². The quantitative estimate of drug-likeness (QED) is 0.744. The van der Waals surface area contributed by atoms with E-state index in [1.165, 1.54) is 0 Å². The molecule has 0 aliphatic heterocycles. The minimum atomic E-state index is 0.754. The predicted molar refractivity (Wildman–Crippen MR) is 78.5 cm³/mol. The van der Waals surface area contributed by atoms with E-state index in [0.29, 0.717) is 0 Å². The molecule has 0 saturated heterocycles. The Morgan fingerprint density at radius 3 is 2.74 bits per heavy atom. The maximum absolute atomic E-state index is 5.71. The number of hydrogen-bond donors (Lipinski definition) is 1. The number of anilines is 1. The highest BCUT2D eigenvalue weighted by molar-refractivity contribution is 7.12. The maximum Gasteiger partial charge on any atom is 0.195 e. The van der Waals surface area contributed by atoms with Gasteiger partial charge < -0.3 is 5.73 Å². The molecule has 19 heavy (non-hydrogen) atoms. The topological polar surface area (TPSA) is 56.7 Å². The van der Waals surface area contributed by atoms with Crippen LogP contribution in [0.2, 0.25) is 0 Å². The molecule has 1 aromatic carbocycles. The second-order valence-corrected chi connectivity index (χ2v) is 5.05. The molecule has 3 aromatic rings. The third kappa shape index (κ3) is 2.24. The molecule has 0 radical (unpaired) electrons. The van der Waals surface area contributed by atoms with Gasteiger partial charge >= 0.3 is 0 Å². The molecular formula is C14H14N4S. The lowest BCUT2D eigenvalue weighted by Crippen LogP contribution is -1.96. The van der Waals surface area contributed by atoms with Crippen molar-refractivity contribution in [1.29, 1.82) is 0 Å². The summed E-state index contributed by atoms with van der Waals surface area (Å²) in [5, 5.41) is 3.03. The minimum absolute atomic E-state index is 0.754. The Labute approximate surface area is 115 Å². The van der Waals surface area contributed by atoms with Gasteiger partial charge in [0.05, 0.1) is 5.69 Å². The Balaban J connectivity index is 2.04. The molecule has 96 valence electrons. The van der Waals surface area contributed by atoms with Crippen molar-refractivity contribution in [2.75, 3.05) is 5.73 Å². The number of benzene rings is 1. The van der Waals surface area contributed by atoms with Crippen LogP contribution in [0.5, 0.6) is 0 Å². The molecule has 0 amide bonds. The first-order chi connectivity index (χ1) is 9.28. The lowest BCUT2D eigenvalue weighted by Gasteiger charge is -2.04. The Morgan fingerprint density at radius 2 is 2.05 bits per heavy atom. The van der Waals surface area contributed by atoms with Crippen molar-refractivity contribution in [3.63, 3.8) is 0 Å². The van der Waals surface area contributed by atoms with Crippen LogP contribution in [0.1, 0.15) is 12.6 Å². The van der Waals surface area contributed by atoms with E-state index in [1.807, 2.05) is 35.0 Å². The van der Waals surface area contributed by atoms with Crippen molar-refractivity contribution in [3.8, 4) is 16.5 Å². The zero-order chi connectivity index (χ0) is 13.2. The van der Waals surface area contributed by atoms with Gasteiger partial charge in [0.1, 0.15) is 5.82 Å². The van der Waals surface area contributed by atoms with E-state index in [1.54, 1.807) is 17.5 Å². The van der Waals surface area contributed by atoms with Gasteiger partial charge in [0, 0.05) is 29.0 Å². The van der Waals surface area contributed by atoms with Crippen molar-refractivity contribution in [2.24, 2.45) is 0 Å². The molecule has 0 aliphatic rings. The minimum Gasteiger partial charge on any atom is -0.399 e. The average molecular weight is 270 g/mol. The van der Waals surface area contributed by atoms with Crippen molar-refractivity contribution < 1.29 is 0 Å². The number of aromatic nitrogens is 3. The fourth-order valence-corrected chi connectivity index (χ4v) is 2.76. The van der Waals surface area contributed by atoms with Crippen LogP contribution in [0.25, 0.3) is 16.5 Å². The second-order valence-electron chi connectivity index (χ2n) is 4.22. The number of nitrogen functional groups attached to an aromatic ring is 1. The average Bonchev–Trinajstić information content (AvgIpc) is 3.07. The van der Waals surface area contributed by atoms with Crippen LogP contribution >= 0.6 is 11.3 Å². The highest BCUT2D eigenvalue weighted by atomic mass is 32.1. The molecule has 2 heterocycles. The van der Waals surface area contributed by atoms with Crippen LogP contribution in [0.3, 0.4) is 0 Å².